The van der Waals surface area contributed by atoms with Gasteiger partial charge in [0.05, 0.1) is 22.4 Å². The zero-order valence-electron chi connectivity index (χ0n) is 19.7. The van der Waals surface area contributed by atoms with Crippen LogP contribution in [0.25, 0.3) is 0 Å². The van der Waals surface area contributed by atoms with Crippen molar-refractivity contribution in [3.63, 3.8) is 0 Å². The van der Waals surface area contributed by atoms with E-state index in [1.54, 1.807) is 30.3 Å². The summed E-state index contributed by atoms with van der Waals surface area (Å²) in [5.74, 6) is 0.284. The highest BCUT2D eigenvalue weighted by Gasteiger charge is 2.27. The minimum atomic E-state index is -0.415. The van der Waals surface area contributed by atoms with Crippen molar-refractivity contribution in [1.29, 1.82) is 0 Å². The third-order valence-corrected chi connectivity index (χ3v) is 7.01. The zero-order valence-corrected chi connectivity index (χ0v) is 22.8. The van der Waals surface area contributed by atoms with Crippen molar-refractivity contribution in [3.05, 3.63) is 68.4 Å². The molecule has 186 valence electrons. The third-order valence-electron chi connectivity index (χ3n) is 5.26. The van der Waals surface area contributed by atoms with Crippen molar-refractivity contribution in [1.82, 2.24) is 20.1 Å². The molecule has 2 N–H and O–H groups in total. The smallest absolute Gasteiger partial charge is 0.253 e. The number of carbonyl (C=O) groups is 2. The Hall–Kier alpha value is -2.26. The van der Waals surface area contributed by atoms with Crippen LogP contribution in [0.3, 0.4) is 0 Å². The first-order chi connectivity index (χ1) is 16.6. The number of amides is 2. The van der Waals surface area contributed by atoms with E-state index in [0.29, 0.717) is 38.8 Å². The van der Waals surface area contributed by atoms with Gasteiger partial charge in [0.25, 0.3) is 5.91 Å². The van der Waals surface area contributed by atoms with E-state index in [4.69, 9.17) is 34.8 Å². The van der Waals surface area contributed by atoms with Gasteiger partial charge in [-0.3, -0.25) is 9.59 Å². The predicted octanol–water partition coefficient (Wildman–Crippen LogP) is 6.42. The number of nitrogens with zero attached hydrogens (tertiary/aromatic N) is 3. The summed E-state index contributed by atoms with van der Waals surface area (Å²) in [5.41, 5.74) is 1.92. The van der Waals surface area contributed by atoms with E-state index < -0.39 is 6.04 Å². The van der Waals surface area contributed by atoms with Crippen LogP contribution in [0.15, 0.2) is 41.6 Å². The Morgan fingerprint density at radius 3 is 2.37 bits per heavy atom. The van der Waals surface area contributed by atoms with Gasteiger partial charge in [0.15, 0.2) is 11.0 Å². The molecule has 0 radical (unpaired) electrons. The molecule has 0 saturated carbocycles. The molecule has 2 aromatic carbocycles. The Morgan fingerprint density at radius 1 is 1.06 bits per heavy atom. The molecule has 7 nitrogen and oxygen atoms in total. The number of benzene rings is 2. The van der Waals surface area contributed by atoms with Gasteiger partial charge in [-0.1, -0.05) is 60.4 Å². The summed E-state index contributed by atoms with van der Waals surface area (Å²) < 4.78 is 1.90. The van der Waals surface area contributed by atoms with Crippen LogP contribution in [0.5, 0.6) is 0 Å². The number of halogens is 3. The van der Waals surface area contributed by atoms with Crippen LogP contribution >= 0.6 is 46.6 Å². The molecule has 35 heavy (non-hydrogen) atoms. The van der Waals surface area contributed by atoms with Crippen molar-refractivity contribution >= 4 is 64.1 Å². The Balaban J connectivity index is 1.73. The van der Waals surface area contributed by atoms with Gasteiger partial charge in [-0.25, -0.2) is 0 Å². The van der Waals surface area contributed by atoms with E-state index in [1.807, 2.05) is 32.3 Å². The Morgan fingerprint density at radius 2 is 1.74 bits per heavy atom. The van der Waals surface area contributed by atoms with Crippen LogP contribution in [0.2, 0.25) is 15.1 Å². The molecular weight excluding hydrogens is 529 g/mol. The van der Waals surface area contributed by atoms with Crippen LogP contribution in [0.4, 0.5) is 5.69 Å². The number of aromatic nitrogens is 3. The maximum absolute atomic E-state index is 12.9. The number of nitrogens with one attached hydrogen (secondary N) is 2. The molecule has 11 heteroatoms. The van der Waals surface area contributed by atoms with Crippen LogP contribution in [-0.4, -0.2) is 32.3 Å². The molecule has 1 aromatic heterocycles. The number of hydrogen-bond acceptors (Lipinski definition) is 5. The molecule has 3 aromatic rings. The number of rotatable bonds is 9. The number of thioether (sulfide) groups is 1. The van der Waals surface area contributed by atoms with Crippen molar-refractivity contribution in [2.24, 2.45) is 5.92 Å². The molecule has 2 amide bonds. The molecule has 0 saturated heterocycles. The fourth-order valence-electron chi connectivity index (χ4n) is 3.44. The topological polar surface area (TPSA) is 88.9 Å². The Labute approximate surface area is 223 Å². The van der Waals surface area contributed by atoms with Crippen molar-refractivity contribution in [2.45, 2.75) is 45.4 Å². The van der Waals surface area contributed by atoms with Crippen LogP contribution in [0.1, 0.15) is 48.6 Å². The van der Waals surface area contributed by atoms with E-state index in [9.17, 15) is 9.59 Å². The summed E-state index contributed by atoms with van der Waals surface area (Å²) in [5, 5.41) is 16.5. The van der Waals surface area contributed by atoms with E-state index in [2.05, 4.69) is 20.8 Å². The summed E-state index contributed by atoms with van der Waals surface area (Å²) in [6.07, 6.45) is 0. The summed E-state index contributed by atoms with van der Waals surface area (Å²) >= 11 is 19.4. The SMILES string of the molecule is CCn1c(SCC(=O)Nc2ccc(Cl)cc2C)nnc1C(NC(=O)c1ccc(Cl)cc1Cl)C(C)C. The molecule has 1 atom stereocenters. The fourth-order valence-corrected chi connectivity index (χ4v) is 4.97. The maximum atomic E-state index is 12.9. The van der Waals surface area contributed by atoms with Gasteiger partial charge in [-0.05, 0) is 61.7 Å². The summed E-state index contributed by atoms with van der Waals surface area (Å²) in [4.78, 5) is 25.5. The van der Waals surface area contributed by atoms with E-state index in [1.165, 1.54) is 17.8 Å². The highest BCUT2D eigenvalue weighted by Crippen LogP contribution is 2.27. The second-order valence-electron chi connectivity index (χ2n) is 8.20. The summed E-state index contributed by atoms with van der Waals surface area (Å²) in [6.45, 7) is 8.38. The van der Waals surface area contributed by atoms with E-state index >= 15 is 0 Å². The van der Waals surface area contributed by atoms with E-state index in [0.717, 1.165) is 5.56 Å². The number of aryl methyl sites for hydroxylation is 1. The molecule has 1 heterocycles. The lowest BCUT2D eigenvalue weighted by Crippen LogP contribution is -2.34. The van der Waals surface area contributed by atoms with Gasteiger partial charge in [-0.15, -0.1) is 10.2 Å². The maximum Gasteiger partial charge on any atom is 0.253 e. The first-order valence-corrected chi connectivity index (χ1v) is 13.1. The second kappa shape index (κ2) is 12.1. The number of anilines is 1. The first kappa shape index (κ1) is 27.3. The van der Waals surface area contributed by atoms with E-state index in [-0.39, 0.29) is 28.5 Å². The largest absolute Gasteiger partial charge is 0.342 e. The Kier molecular flexibility index (Phi) is 9.47. The van der Waals surface area contributed by atoms with Gasteiger partial charge < -0.3 is 15.2 Å². The average molecular weight is 555 g/mol. The van der Waals surface area contributed by atoms with Gasteiger partial charge in [-0.2, -0.15) is 0 Å². The molecule has 1 unspecified atom stereocenters. The van der Waals surface area contributed by atoms with Gasteiger partial charge in [0, 0.05) is 22.3 Å². The monoisotopic (exact) mass is 553 g/mol. The highest BCUT2D eigenvalue weighted by molar-refractivity contribution is 7.99. The lowest BCUT2D eigenvalue weighted by molar-refractivity contribution is -0.113. The number of carbonyl (C=O) groups excluding carboxylic acids is 2. The minimum absolute atomic E-state index is 0.0218. The molecule has 0 aliphatic carbocycles. The average Bonchev–Trinajstić information content (AvgIpc) is 3.20. The number of hydrogen-bond donors (Lipinski definition) is 2. The fraction of sp³-hybridized carbons (Fsp3) is 0.333. The van der Waals surface area contributed by atoms with Crippen molar-refractivity contribution in [2.75, 3.05) is 11.1 Å². The van der Waals surface area contributed by atoms with Crippen molar-refractivity contribution in [3.8, 4) is 0 Å². The van der Waals surface area contributed by atoms with Crippen LogP contribution in [0, 0.1) is 12.8 Å². The molecule has 0 aliphatic rings. The van der Waals surface area contributed by atoms with Gasteiger partial charge in [0.2, 0.25) is 5.91 Å². The first-order valence-electron chi connectivity index (χ1n) is 11.0. The lowest BCUT2D eigenvalue weighted by atomic mass is 10.0. The molecule has 3 rings (SSSR count). The van der Waals surface area contributed by atoms with Crippen LogP contribution in [-0.2, 0) is 11.3 Å². The standard InChI is InChI=1S/C24H26Cl3N5O2S/c1-5-32-22(21(13(2)3)29-23(34)17-8-6-16(26)11-18(17)27)30-31-24(32)35-12-20(33)28-19-9-7-15(25)10-14(19)4/h6-11,13,21H,5,12H2,1-4H3,(H,28,33)(H,29,34). The molecule has 0 spiro atoms. The molecular formula is C24H26Cl3N5O2S. The molecule has 0 fully saturated rings. The highest BCUT2D eigenvalue weighted by atomic mass is 35.5. The zero-order chi connectivity index (χ0) is 25.7. The van der Waals surface area contributed by atoms with Gasteiger partial charge >= 0.3 is 0 Å². The van der Waals surface area contributed by atoms with Crippen molar-refractivity contribution < 1.29 is 9.59 Å². The van der Waals surface area contributed by atoms with Crippen LogP contribution < -0.4 is 10.6 Å². The summed E-state index contributed by atoms with van der Waals surface area (Å²) in [6, 6.07) is 9.62. The normalized spacial score (nSPS) is 12.0. The second-order valence-corrected chi connectivity index (χ2v) is 10.4. The summed E-state index contributed by atoms with van der Waals surface area (Å²) in [7, 11) is 0. The molecule has 0 bridgehead atoms. The quantitative estimate of drug-likeness (QED) is 0.298. The van der Waals surface area contributed by atoms with Gasteiger partial charge in [0.1, 0.15) is 0 Å². The predicted molar refractivity (Wildman–Crippen MR) is 143 cm³/mol. The third kappa shape index (κ3) is 6.91. The Bertz CT molecular complexity index is 1230. The minimum Gasteiger partial charge on any atom is -0.342 e. The lowest BCUT2D eigenvalue weighted by Gasteiger charge is -2.22. The molecule has 0 aliphatic heterocycles.